The highest BCUT2D eigenvalue weighted by atomic mass is 16.5. The van der Waals surface area contributed by atoms with Crippen molar-refractivity contribution in [1.29, 1.82) is 0 Å². The molecule has 0 aliphatic carbocycles. The smallest absolute Gasteiger partial charge is 0.261 e. The van der Waals surface area contributed by atoms with E-state index in [1.54, 1.807) is 30.6 Å². The van der Waals surface area contributed by atoms with Gasteiger partial charge in [-0.2, -0.15) is 0 Å². The summed E-state index contributed by atoms with van der Waals surface area (Å²) in [6.45, 7) is 1.26. The minimum Gasteiger partial charge on any atom is -0.376 e. The third kappa shape index (κ3) is 3.46. The van der Waals surface area contributed by atoms with E-state index in [9.17, 15) is 14.4 Å². The fraction of sp³-hybridized carbons (Fsp3) is 0.300. The number of pyridine rings is 1. The van der Waals surface area contributed by atoms with Crippen molar-refractivity contribution in [2.24, 2.45) is 0 Å². The van der Waals surface area contributed by atoms with Gasteiger partial charge in [-0.05, 0) is 42.7 Å². The highest BCUT2D eigenvalue weighted by molar-refractivity contribution is 6.22. The Bertz CT molecular complexity index is 891. The summed E-state index contributed by atoms with van der Waals surface area (Å²) in [5.41, 5.74) is 1.83. The zero-order chi connectivity index (χ0) is 18.8. The zero-order valence-corrected chi connectivity index (χ0v) is 14.7. The molecular formula is C20H19N3O4. The molecule has 1 N–H and O–H groups in total. The highest BCUT2D eigenvalue weighted by Crippen LogP contribution is 2.26. The van der Waals surface area contributed by atoms with Crippen LogP contribution < -0.4 is 5.32 Å². The normalized spacial score (nSPS) is 18.7. The average molecular weight is 365 g/mol. The quantitative estimate of drug-likeness (QED) is 0.816. The van der Waals surface area contributed by atoms with Crippen LogP contribution in [0.15, 0.2) is 42.7 Å². The van der Waals surface area contributed by atoms with Crippen LogP contribution in [0.1, 0.15) is 49.5 Å². The number of hydrogen-bond donors (Lipinski definition) is 1. The largest absolute Gasteiger partial charge is 0.376 e. The van der Waals surface area contributed by atoms with E-state index in [1.165, 1.54) is 11.0 Å². The van der Waals surface area contributed by atoms with Gasteiger partial charge in [-0.3, -0.25) is 24.3 Å². The summed E-state index contributed by atoms with van der Waals surface area (Å²) in [5, 5.41) is 2.79. The van der Waals surface area contributed by atoms with E-state index in [0.29, 0.717) is 24.3 Å². The molecule has 2 aliphatic rings. The van der Waals surface area contributed by atoms with Gasteiger partial charge in [0.05, 0.1) is 23.8 Å². The van der Waals surface area contributed by atoms with Gasteiger partial charge in [0.1, 0.15) is 0 Å². The van der Waals surface area contributed by atoms with Crippen LogP contribution in [-0.2, 0) is 11.3 Å². The lowest BCUT2D eigenvalue weighted by Gasteiger charge is -2.17. The molecule has 0 unspecified atom stereocenters. The minimum atomic E-state index is -0.368. The van der Waals surface area contributed by atoms with Crippen molar-refractivity contribution in [2.45, 2.75) is 25.5 Å². The summed E-state index contributed by atoms with van der Waals surface area (Å²) in [4.78, 5) is 42.8. The van der Waals surface area contributed by atoms with Crippen LogP contribution in [0, 0.1) is 0 Å². The first-order chi connectivity index (χ1) is 13.1. The van der Waals surface area contributed by atoms with Crippen molar-refractivity contribution in [3.8, 4) is 0 Å². The molecule has 27 heavy (non-hydrogen) atoms. The van der Waals surface area contributed by atoms with Crippen molar-refractivity contribution in [2.75, 3.05) is 13.2 Å². The van der Waals surface area contributed by atoms with Crippen molar-refractivity contribution in [3.05, 3.63) is 65.0 Å². The summed E-state index contributed by atoms with van der Waals surface area (Å²) in [6.07, 6.45) is 5.02. The molecule has 1 aromatic heterocycles. The Kier molecular flexibility index (Phi) is 4.68. The van der Waals surface area contributed by atoms with E-state index in [-0.39, 0.29) is 35.9 Å². The molecule has 4 rings (SSSR count). The van der Waals surface area contributed by atoms with Gasteiger partial charge >= 0.3 is 0 Å². The third-order valence-corrected chi connectivity index (χ3v) is 4.82. The number of aromatic nitrogens is 1. The number of benzene rings is 1. The molecule has 3 heterocycles. The number of nitrogens with zero attached hydrogens (tertiary/aromatic N) is 2. The second-order valence-corrected chi connectivity index (χ2v) is 6.66. The molecule has 0 radical (unpaired) electrons. The molecule has 1 atom stereocenters. The summed E-state index contributed by atoms with van der Waals surface area (Å²) in [7, 11) is 0. The number of amides is 3. The van der Waals surface area contributed by atoms with Crippen LogP contribution in [-0.4, -0.2) is 46.9 Å². The lowest BCUT2D eigenvalue weighted by Crippen LogP contribution is -2.36. The minimum absolute atomic E-state index is 0.102. The lowest BCUT2D eigenvalue weighted by atomic mass is 10.1. The third-order valence-electron chi connectivity index (χ3n) is 4.82. The van der Waals surface area contributed by atoms with Gasteiger partial charge in [0.15, 0.2) is 0 Å². The van der Waals surface area contributed by atoms with E-state index in [1.807, 2.05) is 6.07 Å². The maximum absolute atomic E-state index is 12.7. The number of fused-ring (bicyclic) bond motifs is 1. The number of nitrogens with one attached hydrogen (secondary N) is 1. The van der Waals surface area contributed by atoms with E-state index < -0.39 is 0 Å². The molecule has 7 heteroatoms. The predicted molar refractivity (Wildman–Crippen MR) is 96.2 cm³/mol. The Morgan fingerprint density at radius 3 is 2.81 bits per heavy atom. The second kappa shape index (κ2) is 7.28. The molecule has 2 aliphatic heterocycles. The highest BCUT2D eigenvalue weighted by Gasteiger charge is 2.37. The molecule has 0 bridgehead atoms. The van der Waals surface area contributed by atoms with Crippen LogP contribution in [0.5, 0.6) is 0 Å². The standard InChI is InChI=1S/C20H19N3O4/c24-18(22-11-13-3-1-7-21-10-13)14-5-6-16-17(9-14)20(26)23(19(16)25)12-15-4-2-8-27-15/h1,3,5-7,9-10,15H,2,4,8,11-12H2,(H,22,24)/t15-/m1/s1. The molecule has 2 aromatic rings. The number of carbonyl (C=O) groups is 3. The summed E-state index contributed by atoms with van der Waals surface area (Å²) >= 11 is 0. The van der Waals surface area contributed by atoms with Gasteiger partial charge in [-0.25, -0.2) is 0 Å². The number of ether oxygens (including phenoxy) is 1. The van der Waals surface area contributed by atoms with Gasteiger partial charge in [-0.15, -0.1) is 0 Å². The van der Waals surface area contributed by atoms with Gasteiger partial charge in [0.25, 0.3) is 17.7 Å². The Hall–Kier alpha value is -3.06. The Morgan fingerprint density at radius 1 is 1.22 bits per heavy atom. The lowest BCUT2D eigenvalue weighted by molar-refractivity contribution is 0.0475. The van der Waals surface area contributed by atoms with Crippen LogP contribution in [0.2, 0.25) is 0 Å². The molecule has 1 fully saturated rings. The molecule has 0 saturated carbocycles. The molecule has 3 amide bonds. The summed E-state index contributed by atoms with van der Waals surface area (Å²) < 4.78 is 5.53. The molecule has 138 valence electrons. The topological polar surface area (TPSA) is 88.6 Å². The molecule has 7 nitrogen and oxygen atoms in total. The number of rotatable bonds is 5. The van der Waals surface area contributed by atoms with E-state index in [2.05, 4.69) is 10.3 Å². The second-order valence-electron chi connectivity index (χ2n) is 6.66. The van der Waals surface area contributed by atoms with Crippen molar-refractivity contribution in [3.63, 3.8) is 0 Å². The number of hydrogen-bond acceptors (Lipinski definition) is 5. The van der Waals surface area contributed by atoms with Crippen LogP contribution >= 0.6 is 0 Å². The predicted octanol–water partition coefficient (Wildman–Crippen LogP) is 1.79. The average Bonchev–Trinajstić information content (AvgIpc) is 3.30. The van der Waals surface area contributed by atoms with Crippen LogP contribution in [0.25, 0.3) is 0 Å². The molecule has 0 spiro atoms. The van der Waals surface area contributed by atoms with Gasteiger partial charge in [-0.1, -0.05) is 6.07 Å². The first kappa shape index (κ1) is 17.4. The Morgan fingerprint density at radius 2 is 2.07 bits per heavy atom. The van der Waals surface area contributed by atoms with E-state index in [4.69, 9.17) is 4.74 Å². The van der Waals surface area contributed by atoms with E-state index >= 15 is 0 Å². The number of carbonyl (C=O) groups excluding carboxylic acids is 3. The van der Waals surface area contributed by atoms with Gasteiger partial charge in [0, 0.05) is 31.1 Å². The fourth-order valence-corrected chi connectivity index (χ4v) is 3.38. The first-order valence-corrected chi connectivity index (χ1v) is 8.92. The summed E-state index contributed by atoms with van der Waals surface area (Å²) in [6, 6.07) is 8.26. The van der Waals surface area contributed by atoms with Crippen molar-refractivity contribution >= 4 is 17.7 Å². The maximum Gasteiger partial charge on any atom is 0.261 e. The van der Waals surface area contributed by atoms with Gasteiger partial charge < -0.3 is 10.1 Å². The molecule has 1 saturated heterocycles. The van der Waals surface area contributed by atoms with Crippen molar-refractivity contribution < 1.29 is 19.1 Å². The molecular weight excluding hydrogens is 346 g/mol. The van der Waals surface area contributed by atoms with E-state index in [0.717, 1.165) is 18.4 Å². The monoisotopic (exact) mass is 365 g/mol. The van der Waals surface area contributed by atoms with Crippen molar-refractivity contribution in [1.82, 2.24) is 15.2 Å². The maximum atomic E-state index is 12.7. The fourth-order valence-electron chi connectivity index (χ4n) is 3.38. The SMILES string of the molecule is O=C(NCc1cccnc1)c1ccc2c(c1)C(=O)N(C[C@H]1CCCO1)C2=O. The van der Waals surface area contributed by atoms with Gasteiger partial charge in [0.2, 0.25) is 0 Å². The Balaban J connectivity index is 1.47. The zero-order valence-electron chi connectivity index (χ0n) is 14.7. The number of imide groups is 1. The van der Waals surface area contributed by atoms with Crippen LogP contribution in [0.3, 0.4) is 0 Å². The van der Waals surface area contributed by atoms with Crippen LogP contribution in [0.4, 0.5) is 0 Å². The Labute approximate surface area is 156 Å². The first-order valence-electron chi connectivity index (χ1n) is 8.92. The molecule has 1 aromatic carbocycles. The summed E-state index contributed by atoms with van der Waals surface area (Å²) in [5.74, 6) is -1.00.